The average molecular weight is 201 g/mol. The number of hydrogen-bond acceptors (Lipinski definition) is 3. The number of nitrogens with one attached hydrogen (secondary N) is 1. The van der Waals surface area contributed by atoms with Crippen molar-refractivity contribution in [3.8, 4) is 12.3 Å². The van der Waals surface area contributed by atoms with Gasteiger partial charge in [-0.05, 0) is 24.9 Å². The number of carboxylic acids is 1. The number of carboxylic acid groups (broad SMARTS) is 1. The van der Waals surface area contributed by atoms with Crippen LogP contribution in [0.5, 0.6) is 0 Å². The van der Waals surface area contributed by atoms with Gasteiger partial charge in [0.25, 0.3) is 0 Å². The first kappa shape index (κ1) is 12.3. The lowest BCUT2D eigenvalue weighted by Gasteiger charge is -2.11. The molecule has 0 aromatic rings. The Labute approximate surface area is 83.3 Å². The van der Waals surface area contributed by atoms with Crippen molar-refractivity contribution < 1.29 is 9.90 Å². The second-order valence-electron chi connectivity index (χ2n) is 2.61. The van der Waals surface area contributed by atoms with Crippen molar-refractivity contribution >= 4 is 17.7 Å². The van der Waals surface area contributed by atoms with Crippen molar-refractivity contribution in [1.82, 2.24) is 5.32 Å². The Morgan fingerprint density at radius 3 is 2.92 bits per heavy atom. The highest BCUT2D eigenvalue weighted by molar-refractivity contribution is 7.98. The van der Waals surface area contributed by atoms with Crippen LogP contribution in [0.25, 0.3) is 0 Å². The molecule has 0 amide bonds. The smallest absolute Gasteiger partial charge is 0.320 e. The molecule has 0 aliphatic carbocycles. The van der Waals surface area contributed by atoms with Crippen LogP contribution in [0.15, 0.2) is 0 Å². The van der Waals surface area contributed by atoms with Gasteiger partial charge in [0.05, 0.1) is 6.54 Å². The molecule has 0 radical (unpaired) electrons. The molecule has 0 aromatic carbocycles. The Hall–Kier alpha value is -0.660. The zero-order valence-electron chi connectivity index (χ0n) is 7.75. The molecule has 0 bridgehead atoms. The maximum absolute atomic E-state index is 10.7. The fourth-order valence-electron chi connectivity index (χ4n) is 0.927. The van der Waals surface area contributed by atoms with Gasteiger partial charge in [-0.2, -0.15) is 11.8 Å². The van der Waals surface area contributed by atoms with Gasteiger partial charge in [-0.25, -0.2) is 0 Å². The summed E-state index contributed by atoms with van der Waals surface area (Å²) in [5.74, 6) is 2.53. The Morgan fingerprint density at radius 1 is 1.77 bits per heavy atom. The van der Waals surface area contributed by atoms with Crippen molar-refractivity contribution in [2.24, 2.45) is 0 Å². The SMILES string of the molecule is C#CCNC(CCCSC)C(=O)O. The van der Waals surface area contributed by atoms with Gasteiger partial charge in [-0.15, -0.1) is 6.42 Å². The molecule has 0 heterocycles. The third-order valence-electron chi connectivity index (χ3n) is 1.59. The molecule has 0 rings (SSSR count). The molecule has 0 aliphatic heterocycles. The predicted octanol–water partition coefficient (Wildman–Crippen LogP) is 0.806. The monoisotopic (exact) mass is 201 g/mol. The maximum atomic E-state index is 10.7. The molecule has 74 valence electrons. The molecule has 3 nitrogen and oxygen atoms in total. The Balaban J connectivity index is 3.68. The Morgan fingerprint density at radius 2 is 2.46 bits per heavy atom. The van der Waals surface area contributed by atoms with Gasteiger partial charge in [0.1, 0.15) is 6.04 Å². The van der Waals surface area contributed by atoms with Crippen LogP contribution in [-0.2, 0) is 4.79 Å². The standard InChI is InChI=1S/C9H15NO2S/c1-3-6-10-8(9(11)12)5-4-7-13-2/h1,8,10H,4-7H2,2H3,(H,11,12). The van der Waals surface area contributed by atoms with E-state index in [-0.39, 0.29) is 0 Å². The molecule has 0 aliphatic rings. The van der Waals surface area contributed by atoms with Crippen LogP contribution in [0.3, 0.4) is 0 Å². The third-order valence-corrected chi connectivity index (χ3v) is 2.29. The second-order valence-corrected chi connectivity index (χ2v) is 3.60. The van der Waals surface area contributed by atoms with E-state index in [1.807, 2.05) is 6.26 Å². The van der Waals surface area contributed by atoms with Crippen LogP contribution in [0.4, 0.5) is 0 Å². The minimum atomic E-state index is -0.823. The largest absolute Gasteiger partial charge is 0.480 e. The number of terminal acetylenes is 1. The summed E-state index contributed by atoms with van der Waals surface area (Å²) in [6.07, 6.45) is 8.56. The van der Waals surface area contributed by atoms with Gasteiger partial charge in [-0.1, -0.05) is 5.92 Å². The number of aliphatic carboxylic acids is 1. The summed E-state index contributed by atoms with van der Waals surface area (Å²) in [6, 6.07) is -0.497. The molecule has 13 heavy (non-hydrogen) atoms. The molecular weight excluding hydrogens is 186 g/mol. The van der Waals surface area contributed by atoms with Crippen LogP contribution in [0.1, 0.15) is 12.8 Å². The van der Waals surface area contributed by atoms with Crippen LogP contribution in [-0.4, -0.2) is 35.7 Å². The first-order valence-electron chi connectivity index (χ1n) is 4.11. The number of carbonyl (C=O) groups is 1. The van der Waals surface area contributed by atoms with Crippen LogP contribution in [0.2, 0.25) is 0 Å². The number of thioether (sulfide) groups is 1. The lowest BCUT2D eigenvalue weighted by atomic mass is 10.2. The molecule has 0 aromatic heterocycles. The second kappa shape index (κ2) is 7.96. The molecule has 0 spiro atoms. The molecule has 0 saturated heterocycles. The van der Waals surface area contributed by atoms with E-state index < -0.39 is 12.0 Å². The van der Waals surface area contributed by atoms with Gasteiger partial charge >= 0.3 is 5.97 Å². The highest BCUT2D eigenvalue weighted by Crippen LogP contribution is 2.03. The van der Waals surface area contributed by atoms with Crippen molar-refractivity contribution in [1.29, 1.82) is 0 Å². The summed E-state index contributed by atoms with van der Waals surface area (Å²) >= 11 is 1.72. The highest BCUT2D eigenvalue weighted by Gasteiger charge is 2.14. The summed E-state index contributed by atoms with van der Waals surface area (Å²) in [4.78, 5) is 10.7. The van der Waals surface area contributed by atoms with Gasteiger partial charge in [0.15, 0.2) is 0 Å². The summed E-state index contributed by atoms with van der Waals surface area (Å²) < 4.78 is 0. The van der Waals surface area contributed by atoms with E-state index in [1.165, 1.54) is 0 Å². The van der Waals surface area contributed by atoms with E-state index in [9.17, 15) is 4.79 Å². The Bertz CT molecular complexity index is 189. The molecule has 1 atom stereocenters. The zero-order chi connectivity index (χ0) is 10.1. The molecule has 0 saturated carbocycles. The first-order valence-corrected chi connectivity index (χ1v) is 5.50. The van der Waals surface area contributed by atoms with E-state index in [0.717, 1.165) is 12.2 Å². The van der Waals surface area contributed by atoms with Crippen molar-refractivity contribution in [2.75, 3.05) is 18.6 Å². The summed E-state index contributed by atoms with van der Waals surface area (Å²) in [5.41, 5.74) is 0. The molecule has 1 unspecified atom stereocenters. The van der Waals surface area contributed by atoms with Crippen LogP contribution < -0.4 is 5.32 Å². The zero-order valence-corrected chi connectivity index (χ0v) is 8.56. The minimum absolute atomic E-state index is 0.316. The van der Waals surface area contributed by atoms with Crippen molar-refractivity contribution in [2.45, 2.75) is 18.9 Å². The van der Waals surface area contributed by atoms with Gasteiger partial charge in [0, 0.05) is 0 Å². The van der Waals surface area contributed by atoms with Gasteiger partial charge < -0.3 is 5.11 Å². The van der Waals surface area contributed by atoms with E-state index in [4.69, 9.17) is 11.5 Å². The molecule has 0 fully saturated rings. The number of hydrogen-bond donors (Lipinski definition) is 2. The summed E-state index contributed by atoms with van der Waals surface area (Å²) in [7, 11) is 0. The predicted molar refractivity (Wildman–Crippen MR) is 55.9 cm³/mol. The topological polar surface area (TPSA) is 49.3 Å². The van der Waals surface area contributed by atoms with E-state index in [2.05, 4.69) is 11.2 Å². The summed E-state index contributed by atoms with van der Waals surface area (Å²) in [5, 5.41) is 11.5. The lowest BCUT2D eigenvalue weighted by Crippen LogP contribution is -2.36. The van der Waals surface area contributed by atoms with Crippen LogP contribution >= 0.6 is 11.8 Å². The van der Waals surface area contributed by atoms with E-state index in [0.29, 0.717) is 13.0 Å². The van der Waals surface area contributed by atoms with Gasteiger partial charge in [0.2, 0.25) is 0 Å². The van der Waals surface area contributed by atoms with Crippen molar-refractivity contribution in [3.63, 3.8) is 0 Å². The van der Waals surface area contributed by atoms with Crippen molar-refractivity contribution in [3.05, 3.63) is 0 Å². The van der Waals surface area contributed by atoms with E-state index >= 15 is 0 Å². The number of rotatable bonds is 7. The molecular formula is C9H15NO2S. The lowest BCUT2D eigenvalue weighted by molar-refractivity contribution is -0.139. The highest BCUT2D eigenvalue weighted by atomic mass is 32.2. The van der Waals surface area contributed by atoms with Crippen LogP contribution in [0, 0.1) is 12.3 Å². The fourth-order valence-corrected chi connectivity index (χ4v) is 1.38. The first-order chi connectivity index (χ1) is 6.22. The molecule has 4 heteroatoms. The quantitative estimate of drug-likeness (QED) is 0.472. The third kappa shape index (κ3) is 6.50. The average Bonchev–Trinajstić information content (AvgIpc) is 2.10. The van der Waals surface area contributed by atoms with Gasteiger partial charge in [-0.3, -0.25) is 10.1 Å². The Kier molecular flexibility index (Phi) is 7.56. The van der Waals surface area contributed by atoms with E-state index in [1.54, 1.807) is 11.8 Å². The summed E-state index contributed by atoms with van der Waals surface area (Å²) in [6.45, 7) is 0.316. The molecule has 2 N–H and O–H groups in total. The minimum Gasteiger partial charge on any atom is -0.480 e. The maximum Gasteiger partial charge on any atom is 0.320 e. The normalized spacial score (nSPS) is 12.0. The fraction of sp³-hybridized carbons (Fsp3) is 0.667.